The molecule has 2 N–H and O–H groups in total. The Bertz CT molecular complexity index is 259. The number of nitrogens with two attached hydrogens (primary N) is 1. The first-order valence-electron chi connectivity index (χ1n) is 3.71. The molecule has 6 heteroatoms. The third-order valence-electron chi connectivity index (χ3n) is 1.82. The van der Waals surface area contributed by atoms with Crippen LogP contribution in [0.1, 0.15) is 0 Å². The molecule has 1 aliphatic heterocycles. The minimum absolute atomic E-state index is 0.139. The molecule has 0 aliphatic carbocycles. The SMILES string of the molecule is NC(=O)CN1CCS(=O)(=O)CC1. The predicted octanol–water partition coefficient (Wildman–Crippen LogP) is -1.80. The smallest absolute Gasteiger partial charge is 0.231 e. The third kappa shape index (κ3) is 2.78. The van der Waals surface area contributed by atoms with Gasteiger partial charge in [0.05, 0.1) is 18.1 Å². The molecule has 0 unspecified atom stereocenters. The van der Waals surface area contributed by atoms with E-state index in [0.717, 1.165) is 0 Å². The lowest BCUT2D eigenvalue weighted by molar-refractivity contribution is -0.119. The lowest BCUT2D eigenvalue weighted by atomic mass is 10.4. The highest BCUT2D eigenvalue weighted by Crippen LogP contribution is 2.02. The summed E-state index contributed by atoms with van der Waals surface area (Å²) < 4.78 is 21.9. The third-order valence-corrected chi connectivity index (χ3v) is 3.43. The molecule has 0 radical (unpaired) electrons. The van der Waals surface area contributed by atoms with Gasteiger partial charge in [-0.05, 0) is 0 Å². The molecule has 0 aromatic rings. The van der Waals surface area contributed by atoms with Crippen molar-refractivity contribution >= 4 is 15.7 Å². The van der Waals surface area contributed by atoms with Crippen molar-refractivity contribution in [3.8, 4) is 0 Å². The highest BCUT2D eigenvalue weighted by molar-refractivity contribution is 7.91. The van der Waals surface area contributed by atoms with E-state index in [1.165, 1.54) is 0 Å². The molecule has 0 aromatic carbocycles. The molecule has 1 fully saturated rings. The molecule has 12 heavy (non-hydrogen) atoms. The molecule has 1 saturated heterocycles. The van der Waals surface area contributed by atoms with Crippen molar-refractivity contribution in [2.45, 2.75) is 0 Å². The van der Waals surface area contributed by atoms with Crippen LogP contribution in [0.5, 0.6) is 0 Å². The van der Waals surface area contributed by atoms with Gasteiger partial charge in [-0.25, -0.2) is 8.42 Å². The summed E-state index contributed by atoms with van der Waals surface area (Å²) in [5.74, 6) is -0.130. The molecule has 1 rings (SSSR count). The molecule has 5 nitrogen and oxygen atoms in total. The molecule has 0 atom stereocenters. The molecule has 0 saturated carbocycles. The highest BCUT2D eigenvalue weighted by Gasteiger charge is 2.21. The zero-order chi connectivity index (χ0) is 9.19. The Morgan fingerprint density at radius 2 is 1.83 bits per heavy atom. The summed E-state index contributed by atoms with van der Waals surface area (Å²) in [6.07, 6.45) is 0. The number of hydrogen-bond donors (Lipinski definition) is 1. The van der Waals surface area contributed by atoms with E-state index in [9.17, 15) is 13.2 Å². The standard InChI is InChI=1S/C6H12N2O3S/c7-6(9)5-8-1-3-12(10,11)4-2-8/h1-5H2,(H2,7,9). The topological polar surface area (TPSA) is 80.5 Å². The van der Waals surface area contributed by atoms with Crippen LogP contribution in [0, 0.1) is 0 Å². The van der Waals surface area contributed by atoms with Crippen molar-refractivity contribution in [1.82, 2.24) is 4.90 Å². The summed E-state index contributed by atoms with van der Waals surface area (Å²) in [5, 5.41) is 0. The fraction of sp³-hybridized carbons (Fsp3) is 0.833. The molecular formula is C6H12N2O3S. The van der Waals surface area contributed by atoms with Gasteiger partial charge in [0.1, 0.15) is 0 Å². The second-order valence-corrected chi connectivity index (χ2v) is 5.20. The minimum atomic E-state index is -2.85. The maximum atomic E-state index is 10.9. The Labute approximate surface area is 71.4 Å². The predicted molar refractivity (Wildman–Crippen MR) is 44.3 cm³/mol. The molecule has 1 amide bonds. The second kappa shape index (κ2) is 3.40. The van der Waals surface area contributed by atoms with Gasteiger partial charge in [0.2, 0.25) is 5.91 Å². The summed E-state index contributed by atoms with van der Waals surface area (Å²) in [6.45, 7) is 1.01. The first-order chi connectivity index (χ1) is 5.49. The van der Waals surface area contributed by atoms with Crippen molar-refractivity contribution < 1.29 is 13.2 Å². The van der Waals surface area contributed by atoms with Crippen molar-refractivity contribution in [1.29, 1.82) is 0 Å². The minimum Gasteiger partial charge on any atom is -0.369 e. The van der Waals surface area contributed by atoms with Crippen molar-refractivity contribution in [2.75, 3.05) is 31.1 Å². The first kappa shape index (κ1) is 9.47. The van der Waals surface area contributed by atoms with Crippen LogP contribution in [0.4, 0.5) is 0 Å². The highest BCUT2D eigenvalue weighted by atomic mass is 32.2. The second-order valence-electron chi connectivity index (χ2n) is 2.89. The van der Waals surface area contributed by atoms with Crippen LogP contribution >= 0.6 is 0 Å². The number of primary amides is 1. The van der Waals surface area contributed by atoms with Gasteiger partial charge in [-0.3, -0.25) is 9.69 Å². The number of amides is 1. The largest absolute Gasteiger partial charge is 0.369 e. The van der Waals surface area contributed by atoms with Crippen molar-refractivity contribution in [3.63, 3.8) is 0 Å². The van der Waals surface area contributed by atoms with Crippen molar-refractivity contribution in [2.24, 2.45) is 5.73 Å². The van der Waals surface area contributed by atoms with E-state index in [1.807, 2.05) is 0 Å². The van der Waals surface area contributed by atoms with Gasteiger partial charge in [0.15, 0.2) is 9.84 Å². The van der Waals surface area contributed by atoms with Gasteiger partial charge in [0.25, 0.3) is 0 Å². The molecule has 0 bridgehead atoms. The van der Waals surface area contributed by atoms with Gasteiger partial charge >= 0.3 is 0 Å². The fourth-order valence-corrected chi connectivity index (χ4v) is 2.41. The molecule has 1 heterocycles. The maximum Gasteiger partial charge on any atom is 0.231 e. The zero-order valence-electron chi connectivity index (χ0n) is 6.69. The number of nitrogens with zero attached hydrogens (tertiary/aromatic N) is 1. The monoisotopic (exact) mass is 192 g/mol. The van der Waals surface area contributed by atoms with Gasteiger partial charge < -0.3 is 5.73 Å². The van der Waals surface area contributed by atoms with Crippen LogP contribution in [-0.2, 0) is 14.6 Å². The molecule has 1 aliphatic rings. The van der Waals surface area contributed by atoms with Crippen LogP contribution in [0.3, 0.4) is 0 Å². The van der Waals surface area contributed by atoms with Gasteiger partial charge in [-0.2, -0.15) is 0 Å². The van der Waals surface area contributed by atoms with Crippen LogP contribution in [0.15, 0.2) is 0 Å². The van der Waals surface area contributed by atoms with E-state index in [0.29, 0.717) is 13.1 Å². The van der Waals surface area contributed by atoms with Crippen LogP contribution < -0.4 is 5.73 Å². The number of hydrogen-bond acceptors (Lipinski definition) is 4. The van der Waals surface area contributed by atoms with E-state index in [2.05, 4.69) is 0 Å². The van der Waals surface area contributed by atoms with Crippen LogP contribution in [-0.4, -0.2) is 50.4 Å². The van der Waals surface area contributed by atoms with Gasteiger partial charge in [-0.1, -0.05) is 0 Å². The Kier molecular flexibility index (Phi) is 2.69. The molecule has 0 spiro atoms. The summed E-state index contributed by atoms with van der Waals surface area (Å²) in [4.78, 5) is 12.2. The normalized spacial score (nSPS) is 23.7. The number of carbonyl (C=O) groups excluding carboxylic acids is 1. The Morgan fingerprint density at radius 3 is 2.25 bits per heavy atom. The van der Waals surface area contributed by atoms with Gasteiger partial charge in [0, 0.05) is 13.1 Å². The van der Waals surface area contributed by atoms with E-state index < -0.39 is 15.7 Å². The van der Waals surface area contributed by atoms with Crippen LogP contribution in [0.25, 0.3) is 0 Å². The van der Waals surface area contributed by atoms with E-state index in [4.69, 9.17) is 5.73 Å². The first-order valence-corrected chi connectivity index (χ1v) is 5.53. The Hall–Kier alpha value is -0.620. The maximum absolute atomic E-state index is 10.9. The summed E-state index contributed by atoms with van der Waals surface area (Å²) in [6, 6.07) is 0. The fourth-order valence-electron chi connectivity index (χ4n) is 1.13. The molecular weight excluding hydrogens is 180 g/mol. The van der Waals surface area contributed by atoms with Crippen LogP contribution in [0.2, 0.25) is 0 Å². The van der Waals surface area contributed by atoms with Gasteiger partial charge in [-0.15, -0.1) is 0 Å². The summed E-state index contributed by atoms with van der Waals surface area (Å²) in [5.41, 5.74) is 4.96. The van der Waals surface area contributed by atoms with E-state index in [1.54, 1.807) is 4.90 Å². The quantitative estimate of drug-likeness (QED) is 0.560. The van der Waals surface area contributed by atoms with E-state index >= 15 is 0 Å². The van der Waals surface area contributed by atoms with E-state index in [-0.39, 0.29) is 18.1 Å². The number of rotatable bonds is 2. The Morgan fingerprint density at radius 1 is 1.33 bits per heavy atom. The summed E-state index contributed by atoms with van der Waals surface area (Å²) >= 11 is 0. The average molecular weight is 192 g/mol. The molecule has 0 aromatic heterocycles. The Balaban J connectivity index is 2.41. The number of carbonyl (C=O) groups is 1. The molecule has 70 valence electrons. The average Bonchev–Trinajstić information content (AvgIpc) is 1.93. The lowest BCUT2D eigenvalue weighted by Crippen LogP contribution is -2.44. The lowest BCUT2D eigenvalue weighted by Gasteiger charge is -2.24. The number of sulfone groups is 1. The summed E-state index contributed by atoms with van der Waals surface area (Å²) in [7, 11) is -2.85. The van der Waals surface area contributed by atoms with Crippen molar-refractivity contribution in [3.05, 3.63) is 0 Å². The zero-order valence-corrected chi connectivity index (χ0v) is 7.51.